The van der Waals surface area contributed by atoms with Gasteiger partial charge < -0.3 is 14.2 Å². The fourth-order valence-corrected chi connectivity index (χ4v) is 3.00. The van der Waals surface area contributed by atoms with Gasteiger partial charge in [-0.1, -0.05) is 35.5 Å². The van der Waals surface area contributed by atoms with Gasteiger partial charge in [-0.25, -0.2) is 0 Å². The van der Waals surface area contributed by atoms with E-state index in [-0.39, 0.29) is 11.5 Å². The fraction of sp³-hybridized carbons (Fsp3) is 0.500. The average molecular weight is 285 g/mol. The first-order valence-corrected chi connectivity index (χ1v) is 7.48. The van der Waals surface area contributed by atoms with E-state index in [9.17, 15) is 0 Å². The highest BCUT2D eigenvalue weighted by molar-refractivity contribution is 5.38. The Morgan fingerprint density at radius 2 is 2.05 bits per heavy atom. The number of likely N-dealkylation sites (N-methyl/N-ethyl adjacent to an activating group) is 1. The highest BCUT2D eigenvalue weighted by atomic mass is 16.5. The Labute approximate surface area is 123 Å². The van der Waals surface area contributed by atoms with Crippen molar-refractivity contribution in [3.05, 3.63) is 47.6 Å². The van der Waals surface area contributed by atoms with Crippen LogP contribution in [0.3, 0.4) is 0 Å². The number of aromatic nitrogens is 2. The van der Waals surface area contributed by atoms with Crippen molar-refractivity contribution in [2.75, 3.05) is 26.7 Å². The summed E-state index contributed by atoms with van der Waals surface area (Å²) in [5.41, 5.74) is 1.20. The second-order valence-corrected chi connectivity index (χ2v) is 6.03. The summed E-state index contributed by atoms with van der Waals surface area (Å²) in [5.74, 6) is 1.42. The maximum Gasteiger partial charge on any atom is 0.237 e. The van der Waals surface area contributed by atoms with Gasteiger partial charge in [0.15, 0.2) is 0 Å². The zero-order chi connectivity index (χ0) is 14.3. The zero-order valence-electron chi connectivity index (χ0n) is 12.2. The maximum absolute atomic E-state index is 5.76. The zero-order valence-corrected chi connectivity index (χ0v) is 12.2. The van der Waals surface area contributed by atoms with E-state index in [0.717, 1.165) is 38.4 Å². The quantitative estimate of drug-likeness (QED) is 0.865. The highest BCUT2D eigenvalue weighted by Gasteiger charge is 2.51. The standard InChI is InChI=1S/C16H19N3O2/c1-19-9-10-20-13(11-19)14-17-15(21-18-14)16(7-8-16)12-5-3-2-4-6-12/h2-6,13H,7-11H2,1H3. The molecule has 2 aromatic rings. The first-order chi connectivity index (χ1) is 10.3. The van der Waals surface area contributed by atoms with Gasteiger partial charge in [0.25, 0.3) is 0 Å². The monoisotopic (exact) mass is 285 g/mol. The first kappa shape index (κ1) is 13.0. The second-order valence-electron chi connectivity index (χ2n) is 6.03. The van der Waals surface area contributed by atoms with Gasteiger partial charge in [-0.05, 0) is 25.5 Å². The molecule has 0 amide bonds. The lowest BCUT2D eigenvalue weighted by molar-refractivity contribution is -0.0264. The number of benzene rings is 1. The molecule has 0 N–H and O–H groups in total. The molecule has 2 aliphatic rings. The molecule has 0 radical (unpaired) electrons. The normalized spacial score (nSPS) is 24.9. The van der Waals surface area contributed by atoms with Gasteiger partial charge in [0, 0.05) is 13.1 Å². The third-order valence-electron chi connectivity index (χ3n) is 4.49. The maximum atomic E-state index is 5.76. The Balaban J connectivity index is 1.60. The van der Waals surface area contributed by atoms with E-state index in [1.54, 1.807) is 0 Å². The second kappa shape index (κ2) is 4.93. The summed E-state index contributed by atoms with van der Waals surface area (Å²) in [5, 5.41) is 4.17. The van der Waals surface area contributed by atoms with E-state index >= 15 is 0 Å². The number of hydrogen-bond donors (Lipinski definition) is 0. The summed E-state index contributed by atoms with van der Waals surface area (Å²) >= 11 is 0. The predicted molar refractivity (Wildman–Crippen MR) is 76.9 cm³/mol. The molecule has 2 fully saturated rings. The number of morpholine rings is 1. The van der Waals surface area contributed by atoms with Crippen molar-refractivity contribution in [3.63, 3.8) is 0 Å². The largest absolute Gasteiger partial charge is 0.367 e. The smallest absolute Gasteiger partial charge is 0.237 e. The molecule has 110 valence electrons. The van der Waals surface area contributed by atoms with Crippen molar-refractivity contribution in [1.29, 1.82) is 0 Å². The minimum Gasteiger partial charge on any atom is -0.367 e. The van der Waals surface area contributed by atoms with Gasteiger partial charge in [-0.15, -0.1) is 0 Å². The summed E-state index contributed by atoms with van der Waals surface area (Å²) < 4.78 is 11.3. The van der Waals surface area contributed by atoms with Crippen molar-refractivity contribution in [2.45, 2.75) is 24.4 Å². The molecule has 1 aliphatic heterocycles. The summed E-state index contributed by atoms with van der Waals surface area (Å²) in [4.78, 5) is 6.88. The van der Waals surface area contributed by atoms with Crippen LogP contribution in [0, 0.1) is 0 Å². The lowest BCUT2D eigenvalue weighted by atomic mass is 9.96. The number of rotatable bonds is 3. The molecular weight excluding hydrogens is 266 g/mol. The fourth-order valence-electron chi connectivity index (χ4n) is 3.00. The van der Waals surface area contributed by atoms with Crippen LogP contribution in [0.2, 0.25) is 0 Å². The molecule has 1 aromatic carbocycles. The molecule has 1 saturated heterocycles. The molecule has 1 aliphatic carbocycles. The van der Waals surface area contributed by atoms with Crippen molar-refractivity contribution < 1.29 is 9.26 Å². The summed E-state index contributed by atoms with van der Waals surface area (Å²) in [6.07, 6.45) is 2.07. The molecule has 1 saturated carbocycles. The van der Waals surface area contributed by atoms with Crippen LogP contribution in [0.15, 0.2) is 34.9 Å². The first-order valence-electron chi connectivity index (χ1n) is 7.48. The van der Waals surface area contributed by atoms with Gasteiger partial charge in [0.1, 0.15) is 6.10 Å². The molecule has 1 atom stereocenters. The Kier molecular flexibility index (Phi) is 3.05. The van der Waals surface area contributed by atoms with Gasteiger partial charge in [-0.3, -0.25) is 0 Å². The topological polar surface area (TPSA) is 51.4 Å². The molecule has 5 heteroatoms. The van der Waals surface area contributed by atoms with Gasteiger partial charge >= 0.3 is 0 Å². The highest BCUT2D eigenvalue weighted by Crippen LogP contribution is 2.52. The lowest BCUT2D eigenvalue weighted by Crippen LogP contribution is -2.35. The molecule has 1 aromatic heterocycles. The molecule has 21 heavy (non-hydrogen) atoms. The van der Waals surface area contributed by atoms with Crippen LogP contribution in [-0.2, 0) is 10.2 Å². The van der Waals surface area contributed by atoms with Crippen LogP contribution in [-0.4, -0.2) is 41.8 Å². The Hall–Kier alpha value is -1.72. The van der Waals surface area contributed by atoms with Crippen molar-refractivity contribution in [2.24, 2.45) is 0 Å². The molecule has 2 heterocycles. The van der Waals surface area contributed by atoms with Gasteiger partial charge in [-0.2, -0.15) is 4.98 Å². The van der Waals surface area contributed by atoms with Crippen molar-refractivity contribution in [1.82, 2.24) is 15.0 Å². The van der Waals surface area contributed by atoms with Gasteiger partial charge in [0.2, 0.25) is 11.7 Å². The summed E-state index contributed by atoms with van der Waals surface area (Å²) in [7, 11) is 2.09. The van der Waals surface area contributed by atoms with Crippen LogP contribution >= 0.6 is 0 Å². The van der Waals surface area contributed by atoms with E-state index in [2.05, 4.69) is 46.4 Å². The summed E-state index contributed by atoms with van der Waals surface area (Å²) in [6.45, 7) is 2.49. The van der Waals surface area contributed by atoms with Gasteiger partial charge in [0.05, 0.1) is 12.0 Å². The number of hydrogen-bond acceptors (Lipinski definition) is 5. The predicted octanol–water partition coefficient (Wildman–Crippen LogP) is 2.15. The van der Waals surface area contributed by atoms with Crippen LogP contribution < -0.4 is 0 Å². The molecule has 1 unspecified atom stereocenters. The van der Waals surface area contributed by atoms with Crippen molar-refractivity contribution >= 4 is 0 Å². The van der Waals surface area contributed by atoms with Crippen LogP contribution in [0.25, 0.3) is 0 Å². The van der Waals surface area contributed by atoms with Crippen LogP contribution in [0.4, 0.5) is 0 Å². The van der Waals surface area contributed by atoms with Crippen LogP contribution in [0.5, 0.6) is 0 Å². The van der Waals surface area contributed by atoms with E-state index in [4.69, 9.17) is 9.26 Å². The minimum absolute atomic E-state index is 0.0624. The number of nitrogens with zero attached hydrogens (tertiary/aromatic N) is 3. The van der Waals surface area contributed by atoms with E-state index in [1.165, 1.54) is 5.56 Å². The Bertz CT molecular complexity index is 621. The minimum atomic E-state index is -0.0761. The third kappa shape index (κ3) is 2.26. The lowest BCUT2D eigenvalue weighted by Gasteiger charge is -2.27. The molecule has 4 rings (SSSR count). The van der Waals surface area contributed by atoms with Crippen molar-refractivity contribution in [3.8, 4) is 0 Å². The molecule has 5 nitrogen and oxygen atoms in total. The Morgan fingerprint density at radius 1 is 1.24 bits per heavy atom. The summed E-state index contributed by atoms with van der Waals surface area (Å²) in [6, 6.07) is 10.4. The van der Waals surface area contributed by atoms with Crippen LogP contribution in [0.1, 0.15) is 36.2 Å². The van der Waals surface area contributed by atoms with E-state index < -0.39 is 0 Å². The SMILES string of the molecule is CN1CCOC(c2noc(C3(c4ccccc4)CC3)n2)C1. The number of ether oxygens (including phenoxy) is 1. The average Bonchev–Trinajstić information content (AvgIpc) is 3.18. The van der Waals surface area contributed by atoms with E-state index in [1.807, 2.05) is 6.07 Å². The molecule has 0 bridgehead atoms. The Morgan fingerprint density at radius 3 is 2.76 bits per heavy atom. The molecular formula is C16H19N3O2. The van der Waals surface area contributed by atoms with E-state index in [0.29, 0.717) is 5.82 Å². The molecule has 0 spiro atoms. The third-order valence-corrected chi connectivity index (χ3v) is 4.49.